The Hall–Kier alpha value is -2.88. The van der Waals surface area contributed by atoms with Crippen molar-refractivity contribution in [2.45, 2.75) is 20.8 Å². The minimum atomic E-state index is 0.0204. The largest absolute Gasteiger partial charge is 0.313 e. The molecule has 0 amide bonds. The molecule has 0 atom stereocenters. The van der Waals surface area contributed by atoms with Gasteiger partial charge in [-0.3, -0.25) is 9.20 Å². The normalized spacial score (nSPS) is 11.5. The number of hydrogen-bond donors (Lipinski definition) is 0. The maximum absolute atomic E-state index is 12.4. The van der Waals surface area contributed by atoms with E-state index in [0.29, 0.717) is 5.69 Å². The van der Waals surface area contributed by atoms with Crippen molar-refractivity contribution in [1.82, 2.24) is 14.0 Å². The summed E-state index contributed by atoms with van der Waals surface area (Å²) in [4.78, 5) is 17.3. The molecule has 2 aromatic carbocycles. The quantitative estimate of drug-likeness (QED) is 0.517. The molecule has 0 saturated heterocycles. The first-order chi connectivity index (χ1) is 11.5. The SMILES string of the molecule is CC(=O)c1c(-c2ccccc2)nc2n(C)c3cc(C)c(C)cc3n12. The third-order valence-corrected chi connectivity index (χ3v) is 4.73. The lowest BCUT2D eigenvalue weighted by molar-refractivity contribution is 0.101. The number of rotatable bonds is 2. The van der Waals surface area contributed by atoms with Crippen molar-refractivity contribution in [2.24, 2.45) is 7.05 Å². The van der Waals surface area contributed by atoms with Crippen molar-refractivity contribution in [2.75, 3.05) is 0 Å². The van der Waals surface area contributed by atoms with E-state index in [4.69, 9.17) is 4.98 Å². The molecule has 0 unspecified atom stereocenters. The molecule has 4 rings (SSSR count). The number of fused-ring (bicyclic) bond motifs is 3. The third kappa shape index (κ3) is 1.92. The number of aromatic nitrogens is 3. The second kappa shape index (κ2) is 5.06. The number of hydrogen-bond acceptors (Lipinski definition) is 2. The van der Waals surface area contributed by atoms with Gasteiger partial charge in [0.05, 0.1) is 11.0 Å². The predicted molar refractivity (Wildman–Crippen MR) is 96.6 cm³/mol. The molecule has 2 aromatic heterocycles. The van der Waals surface area contributed by atoms with Crippen LogP contribution in [-0.4, -0.2) is 19.7 Å². The molecular formula is C20H19N3O. The van der Waals surface area contributed by atoms with E-state index in [-0.39, 0.29) is 5.78 Å². The molecule has 0 aliphatic heterocycles. The average molecular weight is 317 g/mol. The molecule has 4 heteroatoms. The van der Waals surface area contributed by atoms with E-state index in [2.05, 4.69) is 30.5 Å². The van der Waals surface area contributed by atoms with Crippen LogP contribution < -0.4 is 0 Å². The van der Waals surface area contributed by atoms with E-state index >= 15 is 0 Å². The Balaban J connectivity index is 2.19. The minimum Gasteiger partial charge on any atom is -0.313 e. The lowest BCUT2D eigenvalue weighted by Crippen LogP contribution is -2.00. The zero-order valence-electron chi connectivity index (χ0n) is 14.3. The molecule has 4 nitrogen and oxygen atoms in total. The fraction of sp³-hybridized carbons (Fsp3) is 0.200. The highest BCUT2D eigenvalue weighted by molar-refractivity contribution is 6.01. The second-order valence-electron chi connectivity index (χ2n) is 6.35. The number of imidazole rings is 2. The maximum atomic E-state index is 12.4. The van der Waals surface area contributed by atoms with E-state index in [1.807, 2.05) is 41.8 Å². The summed E-state index contributed by atoms with van der Waals surface area (Å²) in [6, 6.07) is 14.2. The molecule has 0 bridgehead atoms. The number of carbonyl (C=O) groups excluding carboxylic acids is 1. The number of ketones is 1. The van der Waals surface area contributed by atoms with Crippen LogP contribution in [-0.2, 0) is 7.05 Å². The van der Waals surface area contributed by atoms with Crippen LogP contribution in [0.1, 0.15) is 28.5 Å². The molecule has 120 valence electrons. The number of Topliss-reactive ketones (excluding diaryl/α,β-unsaturated/α-hetero) is 1. The molecule has 0 saturated carbocycles. The summed E-state index contributed by atoms with van der Waals surface area (Å²) in [6.45, 7) is 5.80. The highest BCUT2D eigenvalue weighted by Gasteiger charge is 2.22. The van der Waals surface area contributed by atoms with Crippen molar-refractivity contribution < 1.29 is 4.79 Å². The van der Waals surface area contributed by atoms with Crippen molar-refractivity contribution in [3.8, 4) is 11.3 Å². The van der Waals surface area contributed by atoms with E-state index in [1.54, 1.807) is 6.92 Å². The summed E-state index contributed by atoms with van der Waals surface area (Å²) in [5, 5.41) is 0. The van der Waals surface area contributed by atoms with Crippen molar-refractivity contribution in [3.63, 3.8) is 0 Å². The second-order valence-corrected chi connectivity index (χ2v) is 6.35. The van der Waals surface area contributed by atoms with Crippen LogP contribution in [0.4, 0.5) is 0 Å². The van der Waals surface area contributed by atoms with Crippen molar-refractivity contribution in [3.05, 3.63) is 59.3 Å². The van der Waals surface area contributed by atoms with Crippen LogP contribution in [0, 0.1) is 13.8 Å². The van der Waals surface area contributed by atoms with Crippen LogP contribution in [0.5, 0.6) is 0 Å². The Morgan fingerprint density at radius 3 is 2.25 bits per heavy atom. The van der Waals surface area contributed by atoms with Crippen LogP contribution >= 0.6 is 0 Å². The zero-order valence-corrected chi connectivity index (χ0v) is 14.3. The molecule has 24 heavy (non-hydrogen) atoms. The first kappa shape index (κ1) is 14.7. The van der Waals surface area contributed by atoms with Gasteiger partial charge in [0.25, 0.3) is 0 Å². The van der Waals surface area contributed by atoms with Crippen LogP contribution in [0.2, 0.25) is 0 Å². The smallest absolute Gasteiger partial charge is 0.215 e. The van der Waals surface area contributed by atoms with E-state index < -0.39 is 0 Å². The molecule has 0 fully saturated rings. The maximum Gasteiger partial charge on any atom is 0.215 e. The van der Waals surface area contributed by atoms with Gasteiger partial charge in [0.1, 0.15) is 11.4 Å². The van der Waals surface area contributed by atoms with Crippen LogP contribution in [0.25, 0.3) is 28.1 Å². The van der Waals surface area contributed by atoms with Crippen molar-refractivity contribution >= 4 is 22.6 Å². The molecule has 0 N–H and O–H groups in total. The first-order valence-corrected chi connectivity index (χ1v) is 8.03. The van der Waals surface area contributed by atoms with Crippen LogP contribution in [0.15, 0.2) is 42.5 Å². The lowest BCUT2D eigenvalue weighted by Gasteiger charge is -2.04. The standard InChI is InChI=1S/C20H19N3O/c1-12-10-16-17(11-13(12)2)23-19(14(3)24)18(21-20(23)22(16)4)15-8-6-5-7-9-15/h5-11H,1-4H3. The van der Waals surface area contributed by atoms with Gasteiger partial charge < -0.3 is 4.57 Å². The molecule has 0 aliphatic carbocycles. The number of aryl methyl sites for hydroxylation is 3. The lowest BCUT2D eigenvalue weighted by atomic mass is 10.1. The monoisotopic (exact) mass is 317 g/mol. The number of nitrogens with zero attached hydrogens (tertiary/aromatic N) is 3. The molecule has 0 radical (unpaired) electrons. The Labute approximate surface area is 140 Å². The summed E-state index contributed by atoms with van der Waals surface area (Å²) in [5.74, 6) is 0.811. The Morgan fingerprint density at radius 2 is 1.62 bits per heavy atom. The van der Waals surface area contributed by atoms with Crippen molar-refractivity contribution in [1.29, 1.82) is 0 Å². The van der Waals surface area contributed by atoms with Crippen LogP contribution in [0.3, 0.4) is 0 Å². The molecule has 2 heterocycles. The Morgan fingerprint density at radius 1 is 1.00 bits per heavy atom. The van der Waals surface area contributed by atoms with Gasteiger partial charge in [-0.05, 0) is 37.1 Å². The van der Waals surface area contributed by atoms with Gasteiger partial charge in [-0.1, -0.05) is 30.3 Å². The van der Waals surface area contributed by atoms with Gasteiger partial charge >= 0.3 is 0 Å². The van der Waals surface area contributed by atoms with Gasteiger partial charge in [0, 0.05) is 19.5 Å². The van der Waals surface area contributed by atoms with Gasteiger partial charge in [-0.2, -0.15) is 0 Å². The zero-order chi connectivity index (χ0) is 17.0. The molecule has 0 aliphatic rings. The summed E-state index contributed by atoms with van der Waals surface area (Å²) in [6.07, 6.45) is 0. The third-order valence-electron chi connectivity index (χ3n) is 4.73. The van der Waals surface area contributed by atoms with Gasteiger partial charge in [-0.15, -0.1) is 0 Å². The van der Waals surface area contributed by atoms with Gasteiger partial charge in [-0.25, -0.2) is 4.98 Å². The fourth-order valence-electron chi connectivity index (χ4n) is 3.32. The number of benzene rings is 2. The van der Waals surface area contributed by atoms with Gasteiger partial charge in [0.2, 0.25) is 5.78 Å². The first-order valence-electron chi connectivity index (χ1n) is 8.03. The summed E-state index contributed by atoms with van der Waals surface area (Å²) in [7, 11) is 2.00. The number of carbonyl (C=O) groups is 1. The summed E-state index contributed by atoms with van der Waals surface area (Å²) in [5.41, 5.74) is 6.90. The average Bonchev–Trinajstić information content (AvgIpc) is 3.07. The summed E-state index contributed by atoms with van der Waals surface area (Å²) >= 11 is 0. The minimum absolute atomic E-state index is 0.0204. The highest BCUT2D eigenvalue weighted by atomic mass is 16.1. The predicted octanol–water partition coefficient (Wildman–Crippen LogP) is 4.31. The van der Waals surface area contributed by atoms with E-state index in [1.165, 1.54) is 11.1 Å². The fourth-order valence-corrected chi connectivity index (χ4v) is 3.32. The van der Waals surface area contributed by atoms with E-state index in [0.717, 1.165) is 28.1 Å². The van der Waals surface area contributed by atoms with Gasteiger partial charge in [0.15, 0.2) is 5.78 Å². The Kier molecular flexibility index (Phi) is 3.10. The van der Waals surface area contributed by atoms with E-state index in [9.17, 15) is 4.79 Å². The highest BCUT2D eigenvalue weighted by Crippen LogP contribution is 2.30. The molecule has 4 aromatic rings. The summed E-state index contributed by atoms with van der Waals surface area (Å²) < 4.78 is 4.05. The topological polar surface area (TPSA) is 39.3 Å². The molecule has 0 spiro atoms. The Bertz CT molecular complexity index is 1100. The molecular weight excluding hydrogens is 298 g/mol.